The van der Waals surface area contributed by atoms with Gasteiger partial charge in [-0.1, -0.05) is 50.8 Å². The Hall–Kier alpha value is -2.87. The van der Waals surface area contributed by atoms with E-state index in [1.807, 2.05) is 11.5 Å². The molecule has 0 bridgehead atoms. The molecule has 0 saturated heterocycles. The maximum atomic E-state index is 12.7. The van der Waals surface area contributed by atoms with E-state index in [-0.39, 0.29) is 12.3 Å². The lowest BCUT2D eigenvalue weighted by Gasteiger charge is -2.09. The molecular formula is C23H30ClN5O3. The Bertz CT molecular complexity index is 1190. The number of anilines is 1. The molecule has 172 valence electrons. The Labute approximate surface area is 191 Å². The van der Waals surface area contributed by atoms with E-state index in [9.17, 15) is 14.4 Å². The van der Waals surface area contributed by atoms with E-state index in [1.165, 1.54) is 4.57 Å². The third-order valence-electron chi connectivity index (χ3n) is 5.37. The molecule has 0 spiro atoms. The molecule has 0 atom stereocenters. The first kappa shape index (κ1) is 23.8. The third kappa shape index (κ3) is 5.68. The van der Waals surface area contributed by atoms with Gasteiger partial charge in [0, 0.05) is 36.6 Å². The van der Waals surface area contributed by atoms with Gasteiger partial charge in [-0.05, 0) is 31.0 Å². The Morgan fingerprint density at radius 2 is 1.84 bits per heavy atom. The number of hydrogen-bond acceptors (Lipinski definition) is 4. The Kier molecular flexibility index (Phi) is 8.27. The van der Waals surface area contributed by atoms with Gasteiger partial charge in [-0.3, -0.25) is 19.1 Å². The van der Waals surface area contributed by atoms with Gasteiger partial charge >= 0.3 is 5.69 Å². The zero-order valence-electron chi connectivity index (χ0n) is 18.6. The predicted octanol–water partition coefficient (Wildman–Crippen LogP) is 4.10. The lowest BCUT2D eigenvalue weighted by Crippen LogP contribution is -2.31. The van der Waals surface area contributed by atoms with Crippen LogP contribution in [0, 0.1) is 0 Å². The number of nitrogens with one attached hydrogen (secondary N) is 2. The van der Waals surface area contributed by atoms with Gasteiger partial charge in [0.05, 0.1) is 0 Å². The molecule has 2 aromatic heterocycles. The van der Waals surface area contributed by atoms with Crippen LogP contribution in [0.4, 0.5) is 5.69 Å². The molecule has 0 unspecified atom stereocenters. The maximum absolute atomic E-state index is 12.7. The molecule has 0 aliphatic carbocycles. The molecule has 32 heavy (non-hydrogen) atoms. The summed E-state index contributed by atoms with van der Waals surface area (Å²) in [6.07, 6.45) is 5.22. The fourth-order valence-corrected chi connectivity index (χ4v) is 3.90. The minimum Gasteiger partial charge on any atom is -0.326 e. The summed E-state index contributed by atoms with van der Waals surface area (Å²) < 4.78 is 3.41. The van der Waals surface area contributed by atoms with Crippen molar-refractivity contribution in [3.63, 3.8) is 0 Å². The van der Waals surface area contributed by atoms with Gasteiger partial charge < -0.3 is 9.88 Å². The van der Waals surface area contributed by atoms with Crippen LogP contribution >= 0.6 is 11.6 Å². The van der Waals surface area contributed by atoms with E-state index in [2.05, 4.69) is 22.2 Å². The molecule has 0 aliphatic rings. The number of amides is 1. The van der Waals surface area contributed by atoms with E-state index in [1.54, 1.807) is 24.3 Å². The van der Waals surface area contributed by atoms with Crippen LogP contribution in [-0.4, -0.2) is 25.0 Å². The van der Waals surface area contributed by atoms with Crippen LogP contribution in [0.15, 0.2) is 33.9 Å². The summed E-state index contributed by atoms with van der Waals surface area (Å²) >= 11 is 5.98. The van der Waals surface area contributed by atoms with Gasteiger partial charge in [0.15, 0.2) is 11.2 Å². The lowest BCUT2D eigenvalue weighted by molar-refractivity contribution is -0.116. The van der Waals surface area contributed by atoms with Crippen molar-refractivity contribution in [2.24, 2.45) is 0 Å². The van der Waals surface area contributed by atoms with E-state index < -0.39 is 11.2 Å². The quantitative estimate of drug-likeness (QED) is 0.421. The summed E-state index contributed by atoms with van der Waals surface area (Å²) in [5.74, 6) is 0.468. The Morgan fingerprint density at radius 3 is 2.56 bits per heavy atom. The molecular weight excluding hydrogens is 430 g/mol. The number of benzene rings is 1. The molecule has 2 heterocycles. The van der Waals surface area contributed by atoms with Crippen molar-refractivity contribution in [2.45, 2.75) is 71.9 Å². The van der Waals surface area contributed by atoms with Crippen molar-refractivity contribution in [3.8, 4) is 0 Å². The second-order valence-corrected chi connectivity index (χ2v) is 8.32. The number of imidazole rings is 1. The van der Waals surface area contributed by atoms with E-state index in [4.69, 9.17) is 11.6 Å². The third-order valence-corrected chi connectivity index (χ3v) is 5.60. The number of aromatic amines is 1. The van der Waals surface area contributed by atoms with Crippen molar-refractivity contribution in [3.05, 3.63) is 56.0 Å². The molecule has 8 nitrogen and oxygen atoms in total. The molecule has 3 aromatic rings. The van der Waals surface area contributed by atoms with Crippen molar-refractivity contribution in [1.29, 1.82) is 0 Å². The van der Waals surface area contributed by atoms with Gasteiger partial charge in [-0.25, -0.2) is 9.78 Å². The SMILES string of the molecule is CCCCCn1c(CCC(=O)Nc2cccc(Cl)c2)nc2c1c(=O)[nH]c(=O)n2CCCC. The van der Waals surface area contributed by atoms with Gasteiger partial charge in [0.25, 0.3) is 5.56 Å². The molecule has 0 radical (unpaired) electrons. The molecule has 9 heteroatoms. The monoisotopic (exact) mass is 459 g/mol. The molecule has 1 amide bonds. The van der Waals surface area contributed by atoms with E-state index >= 15 is 0 Å². The highest BCUT2D eigenvalue weighted by atomic mass is 35.5. The smallest absolute Gasteiger partial charge is 0.326 e. The minimum atomic E-state index is -0.445. The van der Waals surface area contributed by atoms with E-state index in [0.717, 1.165) is 32.1 Å². The number of fused-ring (bicyclic) bond motifs is 1. The van der Waals surface area contributed by atoms with Gasteiger partial charge in [0.1, 0.15) is 5.82 Å². The number of nitrogens with zero attached hydrogens (tertiary/aromatic N) is 3. The number of carbonyl (C=O) groups is 1. The van der Waals surface area contributed by atoms with Crippen LogP contribution in [0.5, 0.6) is 0 Å². The second kappa shape index (κ2) is 11.1. The first-order chi connectivity index (χ1) is 15.4. The molecule has 2 N–H and O–H groups in total. The van der Waals surface area contributed by atoms with Crippen LogP contribution in [-0.2, 0) is 24.3 Å². The summed E-state index contributed by atoms with van der Waals surface area (Å²) in [6, 6.07) is 6.97. The van der Waals surface area contributed by atoms with Crippen LogP contribution in [0.25, 0.3) is 11.2 Å². The average molecular weight is 460 g/mol. The molecule has 0 saturated carbocycles. The molecule has 0 aliphatic heterocycles. The zero-order valence-corrected chi connectivity index (χ0v) is 19.4. The number of aromatic nitrogens is 4. The standard InChI is InChI=1S/C23H30ClN5O3/c1-3-5-7-14-28-18(11-12-19(30)25-17-10-8-9-16(24)15-17)26-21-20(28)22(31)27-23(32)29(21)13-6-4-2/h8-10,15H,3-7,11-14H2,1-2H3,(H,25,30)(H,27,31,32). The fourth-order valence-electron chi connectivity index (χ4n) is 3.71. The van der Waals surface area contributed by atoms with Crippen LogP contribution in [0.1, 0.15) is 58.2 Å². The van der Waals surface area contributed by atoms with E-state index in [0.29, 0.717) is 47.2 Å². The zero-order chi connectivity index (χ0) is 23.1. The molecule has 3 rings (SSSR count). The van der Waals surface area contributed by atoms with Gasteiger partial charge in [-0.15, -0.1) is 0 Å². The number of halogens is 1. The number of aryl methyl sites for hydroxylation is 3. The van der Waals surface area contributed by atoms with Crippen molar-refractivity contribution < 1.29 is 4.79 Å². The van der Waals surface area contributed by atoms with Crippen molar-refractivity contribution in [1.82, 2.24) is 19.1 Å². The van der Waals surface area contributed by atoms with Crippen LogP contribution in [0.2, 0.25) is 5.02 Å². The summed E-state index contributed by atoms with van der Waals surface area (Å²) in [5, 5.41) is 3.38. The van der Waals surface area contributed by atoms with Crippen molar-refractivity contribution >= 4 is 34.4 Å². The van der Waals surface area contributed by atoms with Crippen LogP contribution in [0.3, 0.4) is 0 Å². The lowest BCUT2D eigenvalue weighted by atomic mass is 10.2. The number of unbranched alkanes of at least 4 members (excludes halogenated alkanes) is 3. The highest BCUT2D eigenvalue weighted by Crippen LogP contribution is 2.17. The minimum absolute atomic E-state index is 0.170. The predicted molar refractivity (Wildman–Crippen MR) is 127 cm³/mol. The summed E-state index contributed by atoms with van der Waals surface area (Å²) in [7, 11) is 0. The Balaban J connectivity index is 1.90. The normalized spacial score (nSPS) is 11.2. The Morgan fingerprint density at radius 1 is 1.09 bits per heavy atom. The summed E-state index contributed by atoms with van der Waals surface area (Å²) in [5.41, 5.74) is 0.551. The highest BCUT2D eigenvalue weighted by molar-refractivity contribution is 6.30. The molecule has 1 aromatic carbocycles. The van der Waals surface area contributed by atoms with Gasteiger partial charge in [-0.2, -0.15) is 0 Å². The largest absolute Gasteiger partial charge is 0.330 e. The van der Waals surface area contributed by atoms with Gasteiger partial charge in [0.2, 0.25) is 5.91 Å². The average Bonchev–Trinajstić information content (AvgIpc) is 3.11. The number of rotatable bonds is 11. The molecule has 0 fully saturated rings. The number of H-pyrrole nitrogens is 1. The summed E-state index contributed by atoms with van der Waals surface area (Å²) in [4.78, 5) is 44.7. The second-order valence-electron chi connectivity index (χ2n) is 7.88. The first-order valence-corrected chi connectivity index (χ1v) is 11.6. The summed E-state index contributed by atoms with van der Waals surface area (Å²) in [6.45, 7) is 5.26. The maximum Gasteiger partial charge on any atom is 0.330 e. The number of carbonyl (C=O) groups excluding carboxylic acids is 1. The highest BCUT2D eigenvalue weighted by Gasteiger charge is 2.19. The number of hydrogen-bond donors (Lipinski definition) is 2. The topological polar surface area (TPSA) is 102 Å². The fraction of sp³-hybridized carbons (Fsp3) is 0.478. The van der Waals surface area contributed by atoms with Crippen molar-refractivity contribution in [2.75, 3.05) is 5.32 Å². The first-order valence-electron chi connectivity index (χ1n) is 11.2. The van der Waals surface area contributed by atoms with Crippen LogP contribution < -0.4 is 16.6 Å².